The number of unbranched alkanes of at least 4 members (excludes halogenated alkanes) is 1. The van der Waals surface area contributed by atoms with Gasteiger partial charge in [0.1, 0.15) is 0 Å². The topological polar surface area (TPSA) is 24.4 Å². The lowest BCUT2D eigenvalue weighted by Gasteiger charge is -2.02. The minimum atomic E-state index is 1.04. The SMILES string of the molecule is C/C=C/CCC/C(C)=N/Nc1ccccc1. The van der Waals surface area contributed by atoms with Gasteiger partial charge in [-0.2, -0.15) is 5.10 Å². The highest BCUT2D eigenvalue weighted by atomic mass is 15.3. The first-order valence-electron chi connectivity index (χ1n) is 5.78. The van der Waals surface area contributed by atoms with Gasteiger partial charge >= 0.3 is 0 Å². The number of anilines is 1. The van der Waals surface area contributed by atoms with Crippen molar-refractivity contribution in [2.45, 2.75) is 33.1 Å². The van der Waals surface area contributed by atoms with E-state index in [0.717, 1.165) is 30.7 Å². The molecule has 0 aliphatic carbocycles. The van der Waals surface area contributed by atoms with Crippen molar-refractivity contribution in [3.05, 3.63) is 42.5 Å². The van der Waals surface area contributed by atoms with E-state index in [0.29, 0.717) is 0 Å². The van der Waals surface area contributed by atoms with Crippen molar-refractivity contribution < 1.29 is 0 Å². The predicted octanol–water partition coefficient (Wildman–Crippen LogP) is 4.22. The van der Waals surface area contributed by atoms with Crippen LogP contribution in [0.3, 0.4) is 0 Å². The summed E-state index contributed by atoms with van der Waals surface area (Å²) in [5, 5.41) is 4.33. The van der Waals surface area contributed by atoms with Gasteiger partial charge in [-0.15, -0.1) is 0 Å². The molecule has 0 heterocycles. The van der Waals surface area contributed by atoms with Crippen molar-refractivity contribution in [3.8, 4) is 0 Å². The molecule has 0 spiro atoms. The summed E-state index contributed by atoms with van der Waals surface area (Å²) in [6.45, 7) is 4.11. The largest absolute Gasteiger partial charge is 0.279 e. The van der Waals surface area contributed by atoms with Crippen LogP contribution in [0.5, 0.6) is 0 Å². The van der Waals surface area contributed by atoms with Gasteiger partial charge in [-0.1, -0.05) is 30.4 Å². The molecule has 2 nitrogen and oxygen atoms in total. The van der Waals surface area contributed by atoms with E-state index in [2.05, 4.69) is 36.5 Å². The maximum absolute atomic E-state index is 4.33. The summed E-state index contributed by atoms with van der Waals surface area (Å²) >= 11 is 0. The maximum atomic E-state index is 4.33. The zero-order valence-electron chi connectivity index (χ0n) is 10.1. The van der Waals surface area contributed by atoms with Crippen LogP contribution in [-0.2, 0) is 0 Å². The third-order valence-electron chi connectivity index (χ3n) is 2.29. The van der Waals surface area contributed by atoms with Gasteiger partial charge in [0.2, 0.25) is 0 Å². The van der Waals surface area contributed by atoms with Crippen molar-refractivity contribution >= 4 is 11.4 Å². The van der Waals surface area contributed by atoms with Crippen LogP contribution >= 0.6 is 0 Å². The molecule has 0 aliphatic heterocycles. The molecule has 1 N–H and O–H groups in total. The Morgan fingerprint density at radius 1 is 1.31 bits per heavy atom. The van der Waals surface area contributed by atoms with Gasteiger partial charge in [0.05, 0.1) is 5.69 Å². The average Bonchev–Trinajstić information content (AvgIpc) is 2.33. The Kier molecular flexibility index (Phi) is 6.00. The van der Waals surface area contributed by atoms with E-state index in [4.69, 9.17) is 0 Å². The monoisotopic (exact) mass is 216 g/mol. The molecule has 0 saturated heterocycles. The molecule has 0 atom stereocenters. The second-order valence-electron chi connectivity index (χ2n) is 3.79. The zero-order chi connectivity index (χ0) is 11.6. The van der Waals surface area contributed by atoms with Gasteiger partial charge in [-0.3, -0.25) is 5.43 Å². The van der Waals surface area contributed by atoms with Crippen molar-refractivity contribution in [1.82, 2.24) is 0 Å². The van der Waals surface area contributed by atoms with Crippen LogP contribution in [0.1, 0.15) is 33.1 Å². The molecule has 0 aliphatic rings. The minimum Gasteiger partial charge on any atom is -0.279 e. The van der Waals surface area contributed by atoms with Crippen molar-refractivity contribution in [1.29, 1.82) is 0 Å². The summed E-state index contributed by atoms with van der Waals surface area (Å²) in [4.78, 5) is 0. The second-order valence-corrected chi connectivity index (χ2v) is 3.79. The number of nitrogens with zero attached hydrogens (tertiary/aromatic N) is 1. The van der Waals surface area contributed by atoms with E-state index in [1.165, 1.54) is 0 Å². The molecule has 0 amide bonds. The predicted molar refractivity (Wildman–Crippen MR) is 71.8 cm³/mol. The van der Waals surface area contributed by atoms with Crippen molar-refractivity contribution in [2.24, 2.45) is 5.10 Å². The van der Waals surface area contributed by atoms with Gasteiger partial charge in [-0.05, 0) is 45.2 Å². The fraction of sp³-hybridized carbons (Fsp3) is 0.357. The number of benzene rings is 1. The lowest BCUT2D eigenvalue weighted by Crippen LogP contribution is -1.97. The molecule has 2 heteroatoms. The maximum Gasteiger partial charge on any atom is 0.0561 e. The van der Waals surface area contributed by atoms with Gasteiger partial charge in [0.15, 0.2) is 0 Å². The third-order valence-corrected chi connectivity index (χ3v) is 2.29. The van der Waals surface area contributed by atoms with Crippen LogP contribution in [0.15, 0.2) is 47.6 Å². The molecule has 86 valence electrons. The molecule has 0 aromatic heterocycles. The number of hydrazone groups is 1. The molecule has 1 aromatic rings. The fourth-order valence-corrected chi connectivity index (χ4v) is 1.37. The molecular formula is C14H20N2. The van der Waals surface area contributed by atoms with Gasteiger partial charge in [0.25, 0.3) is 0 Å². The first-order valence-corrected chi connectivity index (χ1v) is 5.78. The molecule has 0 unspecified atom stereocenters. The van der Waals surface area contributed by atoms with Crippen LogP contribution in [0.25, 0.3) is 0 Å². The quantitative estimate of drug-likeness (QED) is 0.327. The normalized spacial score (nSPS) is 12.0. The van der Waals surface area contributed by atoms with Crippen LogP contribution < -0.4 is 5.43 Å². The van der Waals surface area contributed by atoms with E-state index >= 15 is 0 Å². The van der Waals surface area contributed by atoms with E-state index in [1.54, 1.807) is 0 Å². The molecule has 1 rings (SSSR count). The Labute approximate surface area is 98.1 Å². The van der Waals surface area contributed by atoms with E-state index < -0.39 is 0 Å². The zero-order valence-corrected chi connectivity index (χ0v) is 10.1. The third kappa shape index (κ3) is 5.35. The Balaban J connectivity index is 2.28. The molecular weight excluding hydrogens is 196 g/mol. The number of rotatable bonds is 6. The Morgan fingerprint density at radius 2 is 2.06 bits per heavy atom. The molecule has 1 aromatic carbocycles. The van der Waals surface area contributed by atoms with E-state index in [-0.39, 0.29) is 0 Å². The molecule has 0 saturated carbocycles. The molecule has 16 heavy (non-hydrogen) atoms. The standard InChI is InChI=1S/C14H20N2/c1-3-4-5-7-10-13(2)15-16-14-11-8-6-9-12-14/h3-4,6,8-9,11-12,16H,5,7,10H2,1-2H3/b4-3+,15-13+. The van der Waals surface area contributed by atoms with Crippen molar-refractivity contribution in [3.63, 3.8) is 0 Å². The summed E-state index contributed by atoms with van der Waals surface area (Å²) in [7, 11) is 0. The lowest BCUT2D eigenvalue weighted by atomic mass is 10.2. The highest BCUT2D eigenvalue weighted by Gasteiger charge is 1.91. The molecule has 0 bridgehead atoms. The van der Waals surface area contributed by atoms with Crippen LogP contribution in [0.4, 0.5) is 5.69 Å². The molecule has 0 fully saturated rings. The van der Waals surface area contributed by atoms with E-state index in [1.807, 2.05) is 30.3 Å². The van der Waals surface area contributed by atoms with E-state index in [9.17, 15) is 0 Å². The van der Waals surface area contributed by atoms with Gasteiger partial charge in [0, 0.05) is 5.71 Å². The number of hydrogen-bond acceptors (Lipinski definition) is 2. The number of allylic oxidation sites excluding steroid dienone is 2. The fourth-order valence-electron chi connectivity index (χ4n) is 1.37. The summed E-state index contributed by atoms with van der Waals surface area (Å²) in [5.41, 5.74) is 5.24. The Bertz CT molecular complexity index is 339. The summed E-state index contributed by atoms with van der Waals surface area (Å²) in [5.74, 6) is 0. The Morgan fingerprint density at radius 3 is 2.75 bits per heavy atom. The smallest absolute Gasteiger partial charge is 0.0561 e. The Hall–Kier alpha value is -1.57. The van der Waals surface area contributed by atoms with Gasteiger partial charge in [-0.25, -0.2) is 0 Å². The summed E-state index contributed by atoms with van der Waals surface area (Å²) < 4.78 is 0. The van der Waals surface area contributed by atoms with Crippen molar-refractivity contribution in [2.75, 3.05) is 5.43 Å². The number of hydrogen-bond donors (Lipinski definition) is 1. The van der Waals surface area contributed by atoms with Crippen LogP contribution in [-0.4, -0.2) is 5.71 Å². The average molecular weight is 216 g/mol. The highest BCUT2D eigenvalue weighted by Crippen LogP contribution is 2.05. The number of nitrogens with one attached hydrogen (secondary N) is 1. The lowest BCUT2D eigenvalue weighted by molar-refractivity contribution is 0.887. The molecule has 0 radical (unpaired) electrons. The number of para-hydroxylation sites is 1. The summed E-state index contributed by atoms with van der Waals surface area (Å²) in [6, 6.07) is 10.0. The second kappa shape index (κ2) is 7.69. The summed E-state index contributed by atoms with van der Waals surface area (Å²) in [6.07, 6.45) is 7.63. The van der Waals surface area contributed by atoms with Crippen LogP contribution in [0.2, 0.25) is 0 Å². The first kappa shape index (κ1) is 12.5. The minimum absolute atomic E-state index is 1.04. The van der Waals surface area contributed by atoms with Gasteiger partial charge < -0.3 is 0 Å². The van der Waals surface area contributed by atoms with Crippen LogP contribution in [0, 0.1) is 0 Å². The first-order chi connectivity index (χ1) is 7.83. The highest BCUT2D eigenvalue weighted by molar-refractivity contribution is 5.82.